The highest BCUT2D eigenvalue weighted by molar-refractivity contribution is 5.56. The van der Waals surface area contributed by atoms with Crippen molar-refractivity contribution in [2.45, 2.75) is 39.8 Å². The lowest BCUT2D eigenvalue weighted by Crippen LogP contribution is -2.24. The molecule has 0 aromatic carbocycles. The molecular weight excluding hydrogens is 292 g/mol. The van der Waals surface area contributed by atoms with Crippen LogP contribution in [0.1, 0.15) is 32.4 Å². The highest BCUT2D eigenvalue weighted by Gasteiger charge is 2.17. The van der Waals surface area contributed by atoms with Gasteiger partial charge in [-0.05, 0) is 45.0 Å². The van der Waals surface area contributed by atoms with Crippen LogP contribution in [0, 0.1) is 6.92 Å². The number of nitrogens with zero attached hydrogens (tertiary/aromatic N) is 7. The van der Waals surface area contributed by atoms with Crippen LogP contribution in [0.3, 0.4) is 0 Å². The summed E-state index contributed by atoms with van der Waals surface area (Å²) in [5.74, 6) is 2.31. The molecule has 0 bridgehead atoms. The molecule has 0 aliphatic carbocycles. The van der Waals surface area contributed by atoms with Crippen molar-refractivity contribution < 1.29 is 0 Å². The highest BCUT2D eigenvalue weighted by Crippen LogP contribution is 2.19. The summed E-state index contributed by atoms with van der Waals surface area (Å²) < 4.78 is 1.93. The first-order valence-electron chi connectivity index (χ1n) is 7.44. The lowest BCUT2D eigenvalue weighted by Gasteiger charge is -2.15. The van der Waals surface area contributed by atoms with Gasteiger partial charge in [-0.15, -0.1) is 10.2 Å². The maximum absolute atomic E-state index is 4.44. The van der Waals surface area contributed by atoms with E-state index in [1.807, 2.05) is 50.6 Å². The number of anilines is 1. The molecular formula is C15H20N8. The van der Waals surface area contributed by atoms with Gasteiger partial charge in [-0.25, -0.2) is 9.97 Å². The predicted molar refractivity (Wildman–Crippen MR) is 86.2 cm³/mol. The van der Waals surface area contributed by atoms with Gasteiger partial charge in [0, 0.05) is 18.6 Å². The molecule has 0 saturated carbocycles. The summed E-state index contributed by atoms with van der Waals surface area (Å²) in [7, 11) is 0. The molecule has 3 aromatic rings. The summed E-state index contributed by atoms with van der Waals surface area (Å²) in [5, 5.41) is 15.9. The van der Waals surface area contributed by atoms with Gasteiger partial charge in [-0.1, -0.05) is 0 Å². The number of aryl methyl sites for hydroxylation is 1. The molecule has 8 nitrogen and oxygen atoms in total. The number of imidazole rings is 1. The second-order valence-corrected chi connectivity index (χ2v) is 6.24. The van der Waals surface area contributed by atoms with Crippen LogP contribution in [-0.4, -0.2) is 34.7 Å². The minimum atomic E-state index is -0.182. The van der Waals surface area contributed by atoms with Crippen LogP contribution in [0.25, 0.3) is 5.82 Å². The molecule has 3 aromatic heterocycles. The van der Waals surface area contributed by atoms with E-state index in [0.717, 1.165) is 17.3 Å². The molecule has 3 rings (SSSR count). The van der Waals surface area contributed by atoms with Gasteiger partial charge in [-0.3, -0.25) is 4.57 Å². The van der Waals surface area contributed by atoms with Crippen molar-refractivity contribution in [3.63, 3.8) is 0 Å². The van der Waals surface area contributed by atoms with Crippen LogP contribution in [0.2, 0.25) is 0 Å². The zero-order chi connectivity index (χ0) is 16.4. The fourth-order valence-electron chi connectivity index (χ4n) is 2.10. The van der Waals surface area contributed by atoms with Crippen LogP contribution in [0.5, 0.6) is 0 Å². The average Bonchev–Trinajstić information content (AvgIpc) is 3.14. The molecule has 120 valence electrons. The molecule has 0 fully saturated rings. The molecule has 0 aliphatic heterocycles. The maximum atomic E-state index is 4.44. The smallest absolute Gasteiger partial charge is 0.193 e. The lowest BCUT2D eigenvalue weighted by molar-refractivity contribution is 0.305. The van der Waals surface area contributed by atoms with E-state index in [1.165, 1.54) is 0 Å². The van der Waals surface area contributed by atoms with Crippen molar-refractivity contribution in [2.75, 3.05) is 5.32 Å². The Kier molecular flexibility index (Phi) is 3.81. The van der Waals surface area contributed by atoms with Gasteiger partial charge in [0.25, 0.3) is 0 Å². The summed E-state index contributed by atoms with van der Waals surface area (Å²) in [5.41, 5.74) is 0.708. The number of aromatic nitrogens is 7. The van der Waals surface area contributed by atoms with E-state index in [-0.39, 0.29) is 5.54 Å². The van der Waals surface area contributed by atoms with Gasteiger partial charge < -0.3 is 5.32 Å². The molecule has 0 atom stereocenters. The Balaban J connectivity index is 1.79. The third-order valence-electron chi connectivity index (χ3n) is 3.33. The standard InChI is InChI=1S/C15H20N8/c1-11-16-8-9-22(11)14-12(6-5-7-17-14)18-10-13-19-21-23(20-13)15(2,3)4/h5-9,18H,10H2,1-4H3. The molecule has 0 amide bonds. The zero-order valence-corrected chi connectivity index (χ0v) is 13.7. The fourth-order valence-corrected chi connectivity index (χ4v) is 2.10. The van der Waals surface area contributed by atoms with Gasteiger partial charge in [0.1, 0.15) is 5.82 Å². The molecule has 23 heavy (non-hydrogen) atoms. The number of hydrogen-bond donors (Lipinski definition) is 1. The molecule has 0 saturated heterocycles. The van der Waals surface area contributed by atoms with Crippen molar-refractivity contribution >= 4 is 5.69 Å². The molecule has 0 unspecified atom stereocenters. The Labute approximate surface area is 134 Å². The molecule has 0 spiro atoms. The van der Waals surface area contributed by atoms with E-state index in [4.69, 9.17) is 0 Å². The summed E-state index contributed by atoms with van der Waals surface area (Å²) in [6.45, 7) is 8.52. The van der Waals surface area contributed by atoms with Gasteiger partial charge in [0.05, 0.1) is 17.8 Å². The number of hydrogen-bond acceptors (Lipinski definition) is 6. The van der Waals surface area contributed by atoms with Crippen molar-refractivity contribution in [3.05, 3.63) is 42.4 Å². The molecule has 8 heteroatoms. The number of rotatable bonds is 4. The van der Waals surface area contributed by atoms with E-state index in [0.29, 0.717) is 12.4 Å². The average molecular weight is 312 g/mol. The van der Waals surface area contributed by atoms with Gasteiger partial charge in [-0.2, -0.15) is 4.80 Å². The van der Waals surface area contributed by atoms with Crippen molar-refractivity contribution in [2.24, 2.45) is 0 Å². The lowest BCUT2D eigenvalue weighted by atomic mass is 10.1. The highest BCUT2D eigenvalue weighted by atomic mass is 15.6. The summed E-state index contributed by atoms with van der Waals surface area (Å²) in [6, 6.07) is 3.85. The van der Waals surface area contributed by atoms with Crippen LogP contribution in [0.4, 0.5) is 5.69 Å². The SMILES string of the molecule is Cc1nccn1-c1ncccc1NCc1nnn(C(C)(C)C)n1. The number of tetrazole rings is 1. The Morgan fingerprint density at radius 2 is 2.00 bits per heavy atom. The van der Waals surface area contributed by atoms with Crippen LogP contribution in [-0.2, 0) is 12.1 Å². The Morgan fingerprint density at radius 3 is 2.65 bits per heavy atom. The van der Waals surface area contributed by atoms with Gasteiger partial charge >= 0.3 is 0 Å². The van der Waals surface area contributed by atoms with Crippen molar-refractivity contribution in [1.29, 1.82) is 0 Å². The van der Waals surface area contributed by atoms with Crippen LogP contribution < -0.4 is 5.32 Å². The zero-order valence-electron chi connectivity index (χ0n) is 13.7. The minimum Gasteiger partial charge on any atom is -0.375 e. The first-order chi connectivity index (χ1) is 10.9. The molecule has 0 radical (unpaired) electrons. The topological polar surface area (TPSA) is 86.3 Å². The maximum Gasteiger partial charge on any atom is 0.193 e. The second kappa shape index (κ2) is 5.79. The van der Waals surface area contributed by atoms with E-state index in [1.54, 1.807) is 17.2 Å². The van der Waals surface area contributed by atoms with E-state index >= 15 is 0 Å². The number of pyridine rings is 1. The fraction of sp³-hybridized carbons (Fsp3) is 0.400. The molecule has 1 N–H and O–H groups in total. The summed E-state index contributed by atoms with van der Waals surface area (Å²) >= 11 is 0. The van der Waals surface area contributed by atoms with E-state index in [9.17, 15) is 0 Å². The van der Waals surface area contributed by atoms with Gasteiger partial charge in [0.2, 0.25) is 0 Å². The van der Waals surface area contributed by atoms with Crippen molar-refractivity contribution in [1.82, 2.24) is 34.7 Å². The molecule has 0 aliphatic rings. The third-order valence-corrected chi connectivity index (χ3v) is 3.33. The van der Waals surface area contributed by atoms with Crippen molar-refractivity contribution in [3.8, 4) is 5.82 Å². The Morgan fingerprint density at radius 1 is 1.17 bits per heavy atom. The third kappa shape index (κ3) is 3.20. The van der Waals surface area contributed by atoms with Crippen LogP contribution >= 0.6 is 0 Å². The predicted octanol–water partition coefficient (Wildman–Crippen LogP) is 1.93. The second-order valence-electron chi connectivity index (χ2n) is 6.24. The first-order valence-corrected chi connectivity index (χ1v) is 7.44. The van der Waals surface area contributed by atoms with Gasteiger partial charge in [0.15, 0.2) is 11.6 Å². The van der Waals surface area contributed by atoms with E-state index in [2.05, 4.69) is 30.7 Å². The normalized spacial score (nSPS) is 11.7. The Hall–Kier alpha value is -2.77. The first kappa shape index (κ1) is 15.1. The minimum absolute atomic E-state index is 0.182. The summed E-state index contributed by atoms with van der Waals surface area (Å²) in [4.78, 5) is 10.3. The summed E-state index contributed by atoms with van der Waals surface area (Å²) in [6.07, 6.45) is 5.40. The largest absolute Gasteiger partial charge is 0.375 e. The van der Waals surface area contributed by atoms with E-state index < -0.39 is 0 Å². The monoisotopic (exact) mass is 312 g/mol. The van der Waals surface area contributed by atoms with Crippen LogP contribution in [0.15, 0.2) is 30.7 Å². The number of nitrogens with one attached hydrogen (secondary N) is 1. The molecule has 3 heterocycles. The Bertz CT molecular complexity index is 796. The quantitative estimate of drug-likeness (QED) is 0.792.